The Morgan fingerprint density at radius 2 is 1.77 bits per heavy atom. The Morgan fingerprint density at radius 3 is 2.43 bits per heavy atom. The Kier molecular flexibility index (Phi) is 6.64. The predicted molar refractivity (Wildman–Crippen MR) is 111 cm³/mol. The number of hydrogen-bond acceptors (Lipinski definition) is 5. The SMILES string of the molecule is COC(=O)C1=C(C)NC(=O)/C1=C\c1ccc(OCC(=O)NCc2ccccc2)cc1. The van der Waals surface area contributed by atoms with Crippen molar-refractivity contribution >= 4 is 23.9 Å². The molecule has 0 atom stereocenters. The van der Waals surface area contributed by atoms with Crippen LogP contribution in [0.4, 0.5) is 0 Å². The first-order valence-electron chi connectivity index (χ1n) is 9.34. The quantitative estimate of drug-likeness (QED) is 0.544. The van der Waals surface area contributed by atoms with Crippen molar-refractivity contribution in [3.05, 3.63) is 82.6 Å². The lowest BCUT2D eigenvalue weighted by atomic mass is 10.0. The van der Waals surface area contributed by atoms with E-state index in [1.165, 1.54) is 7.11 Å². The van der Waals surface area contributed by atoms with Gasteiger partial charge in [-0.3, -0.25) is 9.59 Å². The van der Waals surface area contributed by atoms with Crippen molar-refractivity contribution in [3.8, 4) is 5.75 Å². The predicted octanol–water partition coefficient (Wildman–Crippen LogP) is 2.34. The van der Waals surface area contributed by atoms with Gasteiger partial charge >= 0.3 is 5.97 Å². The Morgan fingerprint density at radius 1 is 1.07 bits per heavy atom. The second kappa shape index (κ2) is 9.56. The molecule has 3 rings (SSSR count). The number of benzene rings is 2. The zero-order valence-corrected chi connectivity index (χ0v) is 16.7. The molecular formula is C23H22N2O5. The zero-order chi connectivity index (χ0) is 21.5. The molecule has 0 fully saturated rings. The number of rotatable bonds is 7. The van der Waals surface area contributed by atoms with Crippen molar-refractivity contribution in [1.82, 2.24) is 10.6 Å². The molecule has 30 heavy (non-hydrogen) atoms. The number of esters is 1. The summed E-state index contributed by atoms with van der Waals surface area (Å²) in [6, 6.07) is 16.5. The first-order valence-corrected chi connectivity index (χ1v) is 9.34. The summed E-state index contributed by atoms with van der Waals surface area (Å²) in [5, 5.41) is 5.41. The number of amides is 2. The first-order chi connectivity index (χ1) is 14.5. The highest BCUT2D eigenvalue weighted by atomic mass is 16.5. The zero-order valence-electron chi connectivity index (χ0n) is 16.7. The molecule has 0 aromatic heterocycles. The average Bonchev–Trinajstić information content (AvgIpc) is 3.04. The van der Waals surface area contributed by atoms with Gasteiger partial charge in [-0.15, -0.1) is 0 Å². The van der Waals surface area contributed by atoms with Crippen molar-refractivity contribution in [1.29, 1.82) is 0 Å². The third-order valence-corrected chi connectivity index (χ3v) is 4.47. The van der Waals surface area contributed by atoms with Gasteiger partial charge in [0.1, 0.15) is 5.75 Å². The number of nitrogens with one attached hydrogen (secondary N) is 2. The van der Waals surface area contributed by atoms with E-state index in [-0.39, 0.29) is 29.6 Å². The van der Waals surface area contributed by atoms with E-state index in [0.29, 0.717) is 23.6 Å². The van der Waals surface area contributed by atoms with Crippen LogP contribution in [0.3, 0.4) is 0 Å². The Balaban J connectivity index is 1.58. The van der Waals surface area contributed by atoms with E-state index in [2.05, 4.69) is 10.6 Å². The highest BCUT2D eigenvalue weighted by molar-refractivity contribution is 6.16. The maximum absolute atomic E-state index is 12.1. The summed E-state index contributed by atoms with van der Waals surface area (Å²) in [7, 11) is 1.27. The molecule has 0 radical (unpaired) electrons. The summed E-state index contributed by atoms with van der Waals surface area (Å²) in [5.74, 6) is -0.638. The number of carbonyl (C=O) groups is 3. The fourth-order valence-corrected chi connectivity index (χ4v) is 2.94. The molecule has 0 unspecified atom stereocenters. The standard InChI is InChI=1S/C23H22N2O5/c1-15-21(23(28)29-2)19(22(27)25-15)12-16-8-10-18(11-9-16)30-14-20(26)24-13-17-6-4-3-5-7-17/h3-12H,13-14H2,1-2H3,(H,24,26)(H,25,27)/b19-12-. The van der Waals surface area contributed by atoms with Crippen molar-refractivity contribution in [2.24, 2.45) is 0 Å². The monoisotopic (exact) mass is 406 g/mol. The third kappa shape index (κ3) is 5.14. The molecule has 2 aromatic carbocycles. The van der Waals surface area contributed by atoms with Gasteiger partial charge in [-0.2, -0.15) is 0 Å². The minimum Gasteiger partial charge on any atom is -0.484 e. The van der Waals surface area contributed by atoms with Crippen LogP contribution in [0.5, 0.6) is 5.75 Å². The van der Waals surface area contributed by atoms with E-state index in [4.69, 9.17) is 9.47 Å². The van der Waals surface area contributed by atoms with Gasteiger partial charge in [-0.1, -0.05) is 42.5 Å². The maximum Gasteiger partial charge on any atom is 0.340 e. The molecule has 154 valence electrons. The molecule has 0 saturated heterocycles. The van der Waals surface area contributed by atoms with Gasteiger partial charge in [0.2, 0.25) is 0 Å². The summed E-state index contributed by atoms with van der Waals surface area (Å²) < 4.78 is 10.3. The molecule has 1 heterocycles. The smallest absolute Gasteiger partial charge is 0.340 e. The van der Waals surface area contributed by atoms with Crippen LogP contribution in [-0.2, 0) is 25.7 Å². The van der Waals surface area contributed by atoms with Crippen molar-refractivity contribution in [3.63, 3.8) is 0 Å². The van der Waals surface area contributed by atoms with Gasteiger partial charge in [-0.25, -0.2) is 4.79 Å². The van der Waals surface area contributed by atoms with Gasteiger partial charge in [0.05, 0.1) is 18.3 Å². The van der Waals surface area contributed by atoms with Crippen LogP contribution in [0.2, 0.25) is 0 Å². The molecule has 1 aliphatic heterocycles. The molecule has 2 aromatic rings. The van der Waals surface area contributed by atoms with Crippen LogP contribution in [0.1, 0.15) is 18.1 Å². The highest BCUT2D eigenvalue weighted by Crippen LogP contribution is 2.25. The number of methoxy groups -OCH3 is 1. The molecule has 0 aliphatic carbocycles. The van der Waals surface area contributed by atoms with E-state index in [1.54, 1.807) is 37.3 Å². The highest BCUT2D eigenvalue weighted by Gasteiger charge is 2.30. The summed E-state index contributed by atoms with van der Waals surface area (Å²) >= 11 is 0. The van der Waals surface area contributed by atoms with Crippen LogP contribution in [0.25, 0.3) is 6.08 Å². The Bertz CT molecular complexity index is 1010. The minimum atomic E-state index is -0.571. The topological polar surface area (TPSA) is 93.7 Å². The van der Waals surface area contributed by atoms with Crippen LogP contribution in [0.15, 0.2) is 71.4 Å². The van der Waals surface area contributed by atoms with E-state index in [9.17, 15) is 14.4 Å². The lowest BCUT2D eigenvalue weighted by molar-refractivity contribution is -0.136. The van der Waals surface area contributed by atoms with E-state index < -0.39 is 5.97 Å². The molecule has 2 amide bonds. The van der Waals surface area contributed by atoms with E-state index in [1.807, 2.05) is 30.3 Å². The first kappa shape index (κ1) is 20.9. The summed E-state index contributed by atoms with van der Waals surface area (Å²) in [6.45, 7) is 1.97. The van der Waals surface area contributed by atoms with Crippen molar-refractivity contribution in [2.45, 2.75) is 13.5 Å². The molecule has 7 heteroatoms. The van der Waals surface area contributed by atoms with Crippen LogP contribution in [0, 0.1) is 0 Å². The Hall–Kier alpha value is -3.87. The fourth-order valence-electron chi connectivity index (χ4n) is 2.94. The summed E-state index contributed by atoms with van der Waals surface area (Å²) in [4.78, 5) is 36.0. The molecule has 1 aliphatic rings. The number of ether oxygens (including phenoxy) is 2. The van der Waals surface area contributed by atoms with Crippen molar-refractivity contribution in [2.75, 3.05) is 13.7 Å². The second-order valence-corrected chi connectivity index (χ2v) is 6.62. The maximum atomic E-state index is 12.1. The number of carbonyl (C=O) groups excluding carboxylic acids is 3. The molecule has 0 saturated carbocycles. The lowest BCUT2D eigenvalue weighted by Crippen LogP contribution is -2.28. The second-order valence-electron chi connectivity index (χ2n) is 6.62. The summed E-state index contributed by atoms with van der Waals surface area (Å²) in [5.41, 5.74) is 2.64. The lowest BCUT2D eigenvalue weighted by Gasteiger charge is -2.08. The van der Waals surface area contributed by atoms with Gasteiger partial charge < -0.3 is 20.1 Å². The molecule has 0 bridgehead atoms. The molecular weight excluding hydrogens is 384 g/mol. The van der Waals surface area contributed by atoms with Crippen LogP contribution in [-0.4, -0.2) is 31.5 Å². The van der Waals surface area contributed by atoms with Gasteiger partial charge in [0.25, 0.3) is 11.8 Å². The molecule has 7 nitrogen and oxygen atoms in total. The average molecular weight is 406 g/mol. The van der Waals surface area contributed by atoms with Gasteiger partial charge in [-0.05, 0) is 36.3 Å². The largest absolute Gasteiger partial charge is 0.484 e. The Labute approximate surface area is 174 Å². The minimum absolute atomic E-state index is 0.107. The number of allylic oxidation sites excluding steroid dienone is 1. The van der Waals surface area contributed by atoms with E-state index >= 15 is 0 Å². The third-order valence-electron chi connectivity index (χ3n) is 4.47. The van der Waals surface area contributed by atoms with E-state index in [0.717, 1.165) is 5.56 Å². The molecule has 0 spiro atoms. The molecule has 2 N–H and O–H groups in total. The van der Waals surface area contributed by atoms with Gasteiger partial charge in [0, 0.05) is 12.2 Å². The number of hydrogen-bond donors (Lipinski definition) is 2. The normalized spacial score (nSPS) is 14.5. The van der Waals surface area contributed by atoms with Crippen LogP contribution >= 0.6 is 0 Å². The summed E-state index contributed by atoms with van der Waals surface area (Å²) in [6.07, 6.45) is 1.61. The van der Waals surface area contributed by atoms with Crippen molar-refractivity contribution < 1.29 is 23.9 Å². The van der Waals surface area contributed by atoms with Crippen LogP contribution < -0.4 is 15.4 Å². The van der Waals surface area contributed by atoms with Gasteiger partial charge in [0.15, 0.2) is 6.61 Å². The fraction of sp³-hybridized carbons (Fsp3) is 0.174.